The Hall–Kier alpha value is -2.22. The van der Waals surface area contributed by atoms with Crippen molar-refractivity contribution in [3.05, 3.63) is 66.2 Å². The number of rotatable bonds is 5. The zero-order valence-electron chi connectivity index (χ0n) is 12.2. The van der Waals surface area contributed by atoms with Gasteiger partial charge in [-0.2, -0.15) is 0 Å². The molecule has 0 radical (unpaired) electrons. The fourth-order valence-corrected chi connectivity index (χ4v) is 2.18. The highest BCUT2D eigenvalue weighted by molar-refractivity contribution is 5.70. The first-order valence-corrected chi connectivity index (χ1v) is 6.63. The van der Waals surface area contributed by atoms with Crippen molar-refractivity contribution in [2.75, 3.05) is 14.2 Å². The predicted octanol–water partition coefficient (Wildman–Crippen LogP) is 4.52. The minimum Gasteiger partial charge on any atom is -0.497 e. The van der Waals surface area contributed by atoms with E-state index in [-0.39, 0.29) is 5.92 Å². The van der Waals surface area contributed by atoms with Crippen LogP contribution in [0.1, 0.15) is 24.0 Å². The van der Waals surface area contributed by atoms with E-state index >= 15 is 0 Å². The lowest BCUT2D eigenvalue weighted by molar-refractivity contribution is 0.414. The van der Waals surface area contributed by atoms with Crippen molar-refractivity contribution in [3.8, 4) is 11.5 Å². The molecular weight excluding hydrogens is 248 g/mol. The van der Waals surface area contributed by atoms with Crippen molar-refractivity contribution in [2.45, 2.75) is 12.8 Å². The van der Waals surface area contributed by atoms with Crippen LogP contribution in [0.2, 0.25) is 0 Å². The second kappa shape index (κ2) is 6.29. The van der Waals surface area contributed by atoms with Crippen molar-refractivity contribution < 1.29 is 9.47 Å². The van der Waals surface area contributed by atoms with Crippen LogP contribution < -0.4 is 9.47 Å². The van der Waals surface area contributed by atoms with Gasteiger partial charge in [0.15, 0.2) is 0 Å². The Bertz CT molecular complexity index is 602. The maximum atomic E-state index is 5.28. The van der Waals surface area contributed by atoms with Crippen LogP contribution >= 0.6 is 0 Å². The van der Waals surface area contributed by atoms with Crippen molar-refractivity contribution >= 4 is 5.57 Å². The number of ether oxygens (including phenoxy) is 2. The van der Waals surface area contributed by atoms with Crippen LogP contribution in [0.5, 0.6) is 11.5 Å². The molecule has 0 amide bonds. The summed E-state index contributed by atoms with van der Waals surface area (Å²) in [6, 6.07) is 16.1. The molecule has 0 N–H and O–H groups in total. The topological polar surface area (TPSA) is 18.5 Å². The van der Waals surface area contributed by atoms with Gasteiger partial charge in [0.2, 0.25) is 0 Å². The summed E-state index contributed by atoms with van der Waals surface area (Å²) in [5.74, 6) is 1.94. The molecule has 0 aliphatic rings. The van der Waals surface area contributed by atoms with E-state index in [4.69, 9.17) is 9.47 Å². The van der Waals surface area contributed by atoms with Crippen molar-refractivity contribution in [2.24, 2.45) is 0 Å². The van der Waals surface area contributed by atoms with E-state index in [1.165, 1.54) is 5.56 Å². The standard InChI is InChI=1S/C18H20O2/c1-13(15-7-5-9-17(11-15)19-3)14(2)16-8-6-10-18(12-16)20-4/h5-12,14H,1H2,2-4H3/t14-/m0/s1. The van der Waals surface area contributed by atoms with Crippen LogP contribution in [0.25, 0.3) is 5.57 Å². The molecule has 104 valence electrons. The van der Waals surface area contributed by atoms with Crippen LogP contribution in [-0.4, -0.2) is 14.2 Å². The third-order valence-corrected chi connectivity index (χ3v) is 3.56. The zero-order valence-corrected chi connectivity index (χ0v) is 12.2. The summed E-state index contributed by atoms with van der Waals surface area (Å²) in [7, 11) is 3.36. The quantitative estimate of drug-likeness (QED) is 0.793. The summed E-state index contributed by atoms with van der Waals surface area (Å²) in [4.78, 5) is 0. The van der Waals surface area contributed by atoms with Crippen LogP contribution in [0, 0.1) is 0 Å². The highest BCUT2D eigenvalue weighted by Gasteiger charge is 2.12. The zero-order chi connectivity index (χ0) is 14.5. The molecule has 0 unspecified atom stereocenters. The molecule has 20 heavy (non-hydrogen) atoms. The van der Waals surface area contributed by atoms with Gasteiger partial charge in [-0.15, -0.1) is 0 Å². The van der Waals surface area contributed by atoms with E-state index in [2.05, 4.69) is 31.7 Å². The molecule has 0 spiro atoms. The van der Waals surface area contributed by atoms with Crippen LogP contribution in [-0.2, 0) is 0 Å². The smallest absolute Gasteiger partial charge is 0.119 e. The molecule has 2 aromatic rings. The lowest BCUT2D eigenvalue weighted by atomic mass is 9.89. The SMILES string of the molecule is C=C(c1cccc(OC)c1)[C@H](C)c1cccc(OC)c1. The first kappa shape index (κ1) is 14.2. The summed E-state index contributed by atoms with van der Waals surface area (Å²) in [5, 5.41) is 0. The van der Waals surface area contributed by atoms with Gasteiger partial charge in [0.25, 0.3) is 0 Å². The number of hydrogen-bond acceptors (Lipinski definition) is 2. The van der Waals surface area contributed by atoms with Gasteiger partial charge >= 0.3 is 0 Å². The molecule has 2 nitrogen and oxygen atoms in total. The van der Waals surface area contributed by atoms with Gasteiger partial charge in [-0.05, 0) is 41.0 Å². The minimum absolute atomic E-state index is 0.220. The third kappa shape index (κ3) is 3.02. The predicted molar refractivity (Wildman–Crippen MR) is 83.4 cm³/mol. The number of hydrogen-bond donors (Lipinski definition) is 0. The van der Waals surface area contributed by atoms with E-state index in [0.717, 1.165) is 22.6 Å². The van der Waals surface area contributed by atoms with Gasteiger partial charge in [0.05, 0.1) is 14.2 Å². The van der Waals surface area contributed by atoms with Crippen LogP contribution in [0.15, 0.2) is 55.1 Å². The van der Waals surface area contributed by atoms with Gasteiger partial charge < -0.3 is 9.47 Å². The minimum atomic E-state index is 0.220. The van der Waals surface area contributed by atoms with Crippen molar-refractivity contribution in [1.82, 2.24) is 0 Å². The van der Waals surface area contributed by atoms with E-state index < -0.39 is 0 Å². The summed E-state index contributed by atoms with van der Waals surface area (Å²) in [6.45, 7) is 6.39. The Morgan fingerprint density at radius 3 is 2.20 bits per heavy atom. The number of benzene rings is 2. The monoisotopic (exact) mass is 268 g/mol. The first-order chi connectivity index (χ1) is 9.65. The van der Waals surface area contributed by atoms with Crippen molar-refractivity contribution in [3.63, 3.8) is 0 Å². The second-order valence-corrected chi connectivity index (χ2v) is 4.76. The van der Waals surface area contributed by atoms with Crippen molar-refractivity contribution in [1.29, 1.82) is 0 Å². The molecule has 0 aliphatic heterocycles. The summed E-state index contributed by atoms with van der Waals surface area (Å²) in [5.41, 5.74) is 3.36. The Morgan fingerprint density at radius 1 is 0.950 bits per heavy atom. The molecule has 0 saturated heterocycles. The first-order valence-electron chi connectivity index (χ1n) is 6.63. The number of methoxy groups -OCH3 is 2. The van der Waals surface area contributed by atoms with E-state index in [0.29, 0.717) is 0 Å². The lowest BCUT2D eigenvalue weighted by Gasteiger charge is -2.17. The Kier molecular flexibility index (Phi) is 4.46. The van der Waals surface area contributed by atoms with Crippen LogP contribution in [0.4, 0.5) is 0 Å². The molecule has 0 heterocycles. The van der Waals surface area contributed by atoms with Gasteiger partial charge in [-0.3, -0.25) is 0 Å². The average molecular weight is 268 g/mol. The summed E-state index contributed by atoms with van der Waals surface area (Å²) in [6.07, 6.45) is 0. The van der Waals surface area contributed by atoms with Gasteiger partial charge in [-0.1, -0.05) is 37.8 Å². The summed E-state index contributed by atoms with van der Waals surface area (Å²) < 4.78 is 10.5. The maximum absolute atomic E-state index is 5.28. The fraction of sp³-hybridized carbons (Fsp3) is 0.222. The molecule has 0 aliphatic carbocycles. The average Bonchev–Trinajstić information content (AvgIpc) is 2.53. The molecular formula is C18H20O2. The van der Waals surface area contributed by atoms with E-state index in [1.807, 2.05) is 30.3 Å². The molecule has 0 bridgehead atoms. The normalized spacial score (nSPS) is 11.8. The fourth-order valence-electron chi connectivity index (χ4n) is 2.18. The number of allylic oxidation sites excluding steroid dienone is 1. The Labute approximate surface area is 120 Å². The second-order valence-electron chi connectivity index (χ2n) is 4.76. The van der Waals surface area contributed by atoms with E-state index in [9.17, 15) is 0 Å². The van der Waals surface area contributed by atoms with Gasteiger partial charge in [-0.25, -0.2) is 0 Å². The lowest BCUT2D eigenvalue weighted by Crippen LogP contribution is -1.98. The highest BCUT2D eigenvalue weighted by atomic mass is 16.5. The molecule has 2 rings (SSSR count). The Morgan fingerprint density at radius 2 is 1.55 bits per heavy atom. The maximum Gasteiger partial charge on any atom is 0.119 e. The third-order valence-electron chi connectivity index (χ3n) is 3.56. The molecule has 0 aromatic heterocycles. The van der Waals surface area contributed by atoms with Crippen LogP contribution in [0.3, 0.4) is 0 Å². The van der Waals surface area contributed by atoms with E-state index in [1.54, 1.807) is 14.2 Å². The van der Waals surface area contributed by atoms with Gasteiger partial charge in [0.1, 0.15) is 11.5 Å². The Balaban J connectivity index is 2.27. The molecule has 2 heteroatoms. The molecule has 0 saturated carbocycles. The van der Waals surface area contributed by atoms with Gasteiger partial charge in [0, 0.05) is 5.92 Å². The molecule has 2 aromatic carbocycles. The highest BCUT2D eigenvalue weighted by Crippen LogP contribution is 2.33. The largest absolute Gasteiger partial charge is 0.497 e. The molecule has 1 atom stereocenters. The summed E-state index contributed by atoms with van der Waals surface area (Å²) >= 11 is 0. The molecule has 0 fully saturated rings.